The van der Waals surface area contributed by atoms with Crippen LogP contribution in [-0.2, 0) is 11.2 Å². The zero-order valence-corrected chi connectivity index (χ0v) is 9.12. The van der Waals surface area contributed by atoms with E-state index in [1.165, 1.54) is 0 Å². The van der Waals surface area contributed by atoms with Crippen molar-refractivity contribution in [3.05, 3.63) is 18.2 Å². The number of ether oxygens (including phenoxy) is 1. The van der Waals surface area contributed by atoms with Crippen LogP contribution >= 0.6 is 0 Å². The average Bonchev–Trinajstić information content (AvgIpc) is 2.70. The van der Waals surface area contributed by atoms with Crippen molar-refractivity contribution >= 4 is 6.09 Å². The first-order chi connectivity index (χ1) is 7.22. The highest BCUT2D eigenvalue weighted by Gasteiger charge is 2.06. The van der Waals surface area contributed by atoms with E-state index in [-0.39, 0.29) is 12.2 Å². The molecule has 0 aromatic carbocycles. The first-order valence-electron chi connectivity index (χ1n) is 5.14. The van der Waals surface area contributed by atoms with E-state index in [0.29, 0.717) is 6.54 Å². The zero-order chi connectivity index (χ0) is 11.1. The lowest BCUT2D eigenvalue weighted by atomic mass is 10.3. The first-order valence-corrected chi connectivity index (χ1v) is 5.14. The molecule has 1 amide bonds. The van der Waals surface area contributed by atoms with Gasteiger partial charge in [-0.05, 0) is 13.3 Å². The summed E-state index contributed by atoms with van der Waals surface area (Å²) in [5.41, 5.74) is 0.999. The van der Waals surface area contributed by atoms with Gasteiger partial charge in [-0.3, -0.25) is 0 Å². The molecule has 1 rings (SSSR count). The summed E-state index contributed by atoms with van der Waals surface area (Å²) in [5.74, 6) is 0. The van der Waals surface area contributed by atoms with Crippen molar-refractivity contribution in [2.45, 2.75) is 32.8 Å². The van der Waals surface area contributed by atoms with E-state index < -0.39 is 0 Å². The quantitative estimate of drug-likeness (QED) is 0.775. The summed E-state index contributed by atoms with van der Waals surface area (Å²) in [6.45, 7) is 4.40. The van der Waals surface area contributed by atoms with Gasteiger partial charge in [-0.25, -0.2) is 9.78 Å². The monoisotopic (exact) mass is 211 g/mol. The van der Waals surface area contributed by atoms with Crippen molar-refractivity contribution in [2.75, 3.05) is 6.54 Å². The van der Waals surface area contributed by atoms with Crippen LogP contribution in [0.1, 0.15) is 26.0 Å². The van der Waals surface area contributed by atoms with Gasteiger partial charge < -0.3 is 15.0 Å². The third-order valence-corrected chi connectivity index (χ3v) is 2.10. The number of H-pyrrole nitrogens is 1. The molecular formula is C10H17N3O2. The van der Waals surface area contributed by atoms with Crippen LogP contribution in [0.2, 0.25) is 0 Å². The van der Waals surface area contributed by atoms with Crippen LogP contribution < -0.4 is 5.32 Å². The molecule has 1 atom stereocenters. The molecule has 2 N–H and O–H groups in total. The maximum atomic E-state index is 11.2. The van der Waals surface area contributed by atoms with E-state index in [1.807, 2.05) is 13.8 Å². The summed E-state index contributed by atoms with van der Waals surface area (Å²) in [6, 6.07) is 0. The number of nitrogens with zero attached hydrogens (tertiary/aromatic N) is 1. The van der Waals surface area contributed by atoms with Gasteiger partial charge in [0.05, 0.1) is 6.33 Å². The summed E-state index contributed by atoms with van der Waals surface area (Å²) in [7, 11) is 0. The highest BCUT2D eigenvalue weighted by molar-refractivity contribution is 5.67. The highest BCUT2D eigenvalue weighted by atomic mass is 16.6. The van der Waals surface area contributed by atoms with E-state index in [0.717, 1.165) is 18.5 Å². The molecule has 0 saturated carbocycles. The Kier molecular flexibility index (Phi) is 4.66. The second kappa shape index (κ2) is 6.06. The van der Waals surface area contributed by atoms with Gasteiger partial charge in [-0.2, -0.15) is 0 Å². The maximum Gasteiger partial charge on any atom is 0.407 e. The Bertz CT molecular complexity index is 285. The lowest BCUT2D eigenvalue weighted by molar-refractivity contribution is 0.105. The highest BCUT2D eigenvalue weighted by Crippen LogP contribution is 1.96. The number of rotatable bonds is 5. The molecule has 5 heteroatoms. The molecule has 0 bridgehead atoms. The van der Waals surface area contributed by atoms with E-state index in [2.05, 4.69) is 15.3 Å². The normalized spacial score (nSPS) is 12.1. The van der Waals surface area contributed by atoms with Gasteiger partial charge in [0, 0.05) is 24.9 Å². The topological polar surface area (TPSA) is 67.0 Å². The van der Waals surface area contributed by atoms with Crippen LogP contribution in [0.25, 0.3) is 0 Å². The number of carbonyl (C=O) groups is 1. The largest absolute Gasteiger partial charge is 0.447 e. The zero-order valence-electron chi connectivity index (χ0n) is 9.12. The molecule has 0 spiro atoms. The van der Waals surface area contributed by atoms with Crippen LogP contribution in [-0.4, -0.2) is 28.7 Å². The molecule has 15 heavy (non-hydrogen) atoms. The number of hydrogen-bond donors (Lipinski definition) is 2. The molecule has 0 radical (unpaired) electrons. The molecule has 0 aliphatic heterocycles. The fourth-order valence-corrected chi connectivity index (χ4v) is 1.03. The van der Waals surface area contributed by atoms with Crippen molar-refractivity contribution in [3.8, 4) is 0 Å². The Hall–Kier alpha value is -1.52. The molecule has 0 aliphatic rings. The van der Waals surface area contributed by atoms with Crippen LogP contribution in [0.4, 0.5) is 4.79 Å². The minimum absolute atomic E-state index is 0.0304. The number of aromatic amines is 1. The van der Waals surface area contributed by atoms with Gasteiger partial charge in [0.15, 0.2) is 0 Å². The number of nitrogens with one attached hydrogen (secondary N) is 2. The van der Waals surface area contributed by atoms with Crippen molar-refractivity contribution in [3.63, 3.8) is 0 Å². The summed E-state index contributed by atoms with van der Waals surface area (Å²) in [5, 5.41) is 2.68. The predicted molar refractivity (Wildman–Crippen MR) is 56.5 cm³/mol. The fourth-order valence-electron chi connectivity index (χ4n) is 1.03. The van der Waals surface area contributed by atoms with Gasteiger partial charge in [0.2, 0.25) is 0 Å². The second-order valence-electron chi connectivity index (χ2n) is 3.38. The third kappa shape index (κ3) is 4.49. The number of carbonyl (C=O) groups excluding carboxylic acids is 1. The Morgan fingerprint density at radius 3 is 3.13 bits per heavy atom. The van der Waals surface area contributed by atoms with Gasteiger partial charge in [-0.1, -0.05) is 6.92 Å². The van der Waals surface area contributed by atoms with Gasteiger partial charge >= 0.3 is 6.09 Å². The summed E-state index contributed by atoms with van der Waals surface area (Å²) in [6.07, 6.45) is 4.53. The smallest absolute Gasteiger partial charge is 0.407 e. The van der Waals surface area contributed by atoms with Crippen LogP contribution in [0.5, 0.6) is 0 Å². The van der Waals surface area contributed by atoms with Crippen LogP contribution in [0.3, 0.4) is 0 Å². The summed E-state index contributed by atoms with van der Waals surface area (Å²) in [4.78, 5) is 18.0. The molecular weight excluding hydrogens is 194 g/mol. The lowest BCUT2D eigenvalue weighted by Crippen LogP contribution is -2.29. The van der Waals surface area contributed by atoms with Crippen molar-refractivity contribution < 1.29 is 9.53 Å². The Balaban J connectivity index is 2.12. The molecule has 1 unspecified atom stereocenters. The number of aromatic nitrogens is 2. The number of hydrogen-bond acceptors (Lipinski definition) is 3. The van der Waals surface area contributed by atoms with Crippen molar-refractivity contribution in [1.29, 1.82) is 0 Å². The number of amides is 1. The second-order valence-corrected chi connectivity index (χ2v) is 3.38. The number of alkyl carbamates (subject to hydrolysis) is 1. The molecule has 0 aliphatic carbocycles. The summed E-state index contributed by atoms with van der Waals surface area (Å²) >= 11 is 0. The van der Waals surface area contributed by atoms with E-state index in [9.17, 15) is 4.79 Å². The van der Waals surface area contributed by atoms with Crippen LogP contribution in [0, 0.1) is 0 Å². The van der Waals surface area contributed by atoms with Gasteiger partial charge in [0.25, 0.3) is 0 Å². The molecule has 5 nitrogen and oxygen atoms in total. The Labute approximate surface area is 89.2 Å². The molecule has 1 heterocycles. The van der Waals surface area contributed by atoms with E-state index in [1.54, 1.807) is 12.5 Å². The Morgan fingerprint density at radius 2 is 2.53 bits per heavy atom. The third-order valence-electron chi connectivity index (χ3n) is 2.10. The Morgan fingerprint density at radius 1 is 1.73 bits per heavy atom. The predicted octanol–water partition coefficient (Wildman–Crippen LogP) is 1.48. The van der Waals surface area contributed by atoms with Crippen molar-refractivity contribution in [2.24, 2.45) is 0 Å². The fraction of sp³-hybridized carbons (Fsp3) is 0.600. The van der Waals surface area contributed by atoms with Crippen LogP contribution in [0.15, 0.2) is 12.5 Å². The SMILES string of the molecule is CCC(C)OC(=O)NCCc1cnc[nH]1. The molecule has 1 aromatic rings. The first kappa shape index (κ1) is 11.6. The van der Waals surface area contributed by atoms with Gasteiger partial charge in [-0.15, -0.1) is 0 Å². The number of imidazole rings is 1. The maximum absolute atomic E-state index is 11.2. The molecule has 84 valence electrons. The lowest BCUT2D eigenvalue weighted by Gasteiger charge is -2.11. The van der Waals surface area contributed by atoms with E-state index in [4.69, 9.17) is 4.74 Å². The van der Waals surface area contributed by atoms with Gasteiger partial charge in [0.1, 0.15) is 6.10 Å². The molecule has 0 fully saturated rings. The minimum atomic E-state index is -0.358. The average molecular weight is 211 g/mol. The van der Waals surface area contributed by atoms with E-state index >= 15 is 0 Å². The standard InChI is InChI=1S/C10H17N3O2/c1-3-8(2)15-10(14)12-5-4-9-6-11-7-13-9/h6-8H,3-5H2,1-2H3,(H,11,13)(H,12,14). The summed E-state index contributed by atoms with van der Waals surface area (Å²) < 4.78 is 5.04. The van der Waals surface area contributed by atoms with Crippen molar-refractivity contribution in [1.82, 2.24) is 15.3 Å². The molecule has 0 saturated heterocycles. The molecule has 1 aromatic heterocycles. The minimum Gasteiger partial charge on any atom is -0.447 e.